The molecule has 0 saturated carbocycles. The number of aromatic nitrogens is 1. The predicted molar refractivity (Wildman–Crippen MR) is 83.3 cm³/mol. The lowest BCUT2D eigenvalue weighted by atomic mass is 10.1. The van der Waals surface area contributed by atoms with Gasteiger partial charge in [-0.3, -0.25) is 10.1 Å². The molecule has 0 atom stereocenters. The molecule has 3 rings (SSSR count). The van der Waals surface area contributed by atoms with E-state index in [1.165, 1.54) is 22.5 Å². The van der Waals surface area contributed by atoms with E-state index in [0.717, 1.165) is 5.69 Å². The first-order chi connectivity index (χ1) is 10.1. The second-order valence-corrected chi connectivity index (χ2v) is 4.94. The second kappa shape index (κ2) is 5.28. The van der Waals surface area contributed by atoms with E-state index in [4.69, 9.17) is 0 Å². The molecular weight excluding hydrogens is 266 g/mol. The smallest absolute Gasteiger partial charge is 0.271 e. The van der Waals surface area contributed by atoms with Gasteiger partial charge < -0.3 is 9.88 Å². The summed E-state index contributed by atoms with van der Waals surface area (Å²) < 4.78 is 2.08. The van der Waals surface area contributed by atoms with Crippen LogP contribution >= 0.6 is 0 Å². The first kappa shape index (κ1) is 13.2. The number of fused-ring (bicyclic) bond motifs is 1. The largest absolute Gasteiger partial charge is 0.381 e. The first-order valence-electron chi connectivity index (χ1n) is 6.66. The van der Waals surface area contributed by atoms with Gasteiger partial charge in [0.15, 0.2) is 0 Å². The molecule has 3 aromatic rings. The molecule has 0 bridgehead atoms. The fourth-order valence-electron chi connectivity index (χ4n) is 2.49. The number of nitro groups is 1. The van der Waals surface area contributed by atoms with Gasteiger partial charge >= 0.3 is 0 Å². The van der Waals surface area contributed by atoms with Gasteiger partial charge in [-0.1, -0.05) is 24.3 Å². The summed E-state index contributed by atoms with van der Waals surface area (Å²) in [7, 11) is 2.01. The van der Waals surface area contributed by atoms with E-state index < -0.39 is 0 Å². The molecule has 0 fully saturated rings. The predicted octanol–water partition coefficient (Wildman–Crippen LogP) is 3.70. The lowest BCUT2D eigenvalue weighted by molar-refractivity contribution is -0.384. The molecule has 5 heteroatoms. The van der Waals surface area contributed by atoms with Crippen molar-refractivity contribution < 1.29 is 4.92 Å². The third-order valence-electron chi connectivity index (χ3n) is 3.52. The van der Waals surface area contributed by atoms with Crippen molar-refractivity contribution in [1.29, 1.82) is 0 Å². The first-order valence-corrected chi connectivity index (χ1v) is 6.66. The number of rotatable bonds is 4. The molecule has 0 aliphatic carbocycles. The van der Waals surface area contributed by atoms with Crippen LogP contribution in [0.3, 0.4) is 0 Å². The van der Waals surface area contributed by atoms with Crippen molar-refractivity contribution in [2.75, 3.05) is 5.32 Å². The molecule has 21 heavy (non-hydrogen) atoms. The van der Waals surface area contributed by atoms with E-state index >= 15 is 0 Å². The van der Waals surface area contributed by atoms with Crippen molar-refractivity contribution in [3.05, 3.63) is 70.4 Å². The van der Waals surface area contributed by atoms with Gasteiger partial charge in [0.1, 0.15) is 0 Å². The van der Waals surface area contributed by atoms with Crippen molar-refractivity contribution in [3.63, 3.8) is 0 Å². The monoisotopic (exact) mass is 281 g/mol. The van der Waals surface area contributed by atoms with E-state index in [1.54, 1.807) is 12.1 Å². The molecule has 0 saturated heterocycles. The maximum atomic E-state index is 10.8. The van der Waals surface area contributed by atoms with Gasteiger partial charge in [0, 0.05) is 48.5 Å². The Morgan fingerprint density at radius 2 is 2.00 bits per heavy atom. The molecule has 0 aliphatic heterocycles. The number of hydrogen-bond acceptors (Lipinski definition) is 3. The lowest BCUT2D eigenvalue weighted by Crippen LogP contribution is -1.99. The van der Waals surface area contributed by atoms with Crippen LogP contribution < -0.4 is 5.32 Å². The summed E-state index contributed by atoms with van der Waals surface area (Å²) in [6, 6.07) is 14.7. The van der Waals surface area contributed by atoms with E-state index in [9.17, 15) is 10.1 Å². The Bertz CT molecular complexity index is 808. The van der Waals surface area contributed by atoms with Crippen molar-refractivity contribution in [2.45, 2.75) is 6.54 Å². The summed E-state index contributed by atoms with van der Waals surface area (Å²) in [6.45, 7) is 0.628. The maximum Gasteiger partial charge on any atom is 0.271 e. The highest BCUT2D eigenvalue weighted by molar-refractivity contribution is 5.84. The number of nitrogens with one attached hydrogen (secondary N) is 1. The zero-order valence-corrected chi connectivity index (χ0v) is 11.6. The summed E-state index contributed by atoms with van der Waals surface area (Å²) in [5, 5.41) is 15.2. The Kier molecular flexibility index (Phi) is 3.31. The van der Waals surface area contributed by atoms with Gasteiger partial charge in [-0.15, -0.1) is 0 Å². The van der Waals surface area contributed by atoms with Crippen molar-refractivity contribution in [1.82, 2.24) is 4.57 Å². The van der Waals surface area contributed by atoms with Crippen LogP contribution in [0.25, 0.3) is 10.9 Å². The average Bonchev–Trinajstić information content (AvgIpc) is 2.82. The van der Waals surface area contributed by atoms with Gasteiger partial charge in [-0.05, 0) is 17.7 Å². The van der Waals surface area contributed by atoms with E-state index in [0.29, 0.717) is 6.54 Å². The number of nitrogens with zero attached hydrogens (tertiary/aromatic N) is 2. The molecule has 2 aromatic carbocycles. The standard InChI is InChI=1S/C16H15N3O2/c1-18-11-12(15-7-2-3-8-16(15)18)10-17-13-5-4-6-14(9-13)19(20)21/h2-9,11,17H,10H2,1H3. The van der Waals surface area contributed by atoms with Gasteiger partial charge in [-0.25, -0.2) is 0 Å². The summed E-state index contributed by atoms with van der Waals surface area (Å²) in [4.78, 5) is 10.4. The Hall–Kier alpha value is -2.82. The summed E-state index contributed by atoms with van der Waals surface area (Å²) >= 11 is 0. The van der Waals surface area contributed by atoms with Crippen LogP contribution in [0, 0.1) is 10.1 Å². The third-order valence-corrected chi connectivity index (χ3v) is 3.52. The second-order valence-electron chi connectivity index (χ2n) is 4.94. The topological polar surface area (TPSA) is 60.1 Å². The van der Waals surface area contributed by atoms with Gasteiger partial charge in [0.25, 0.3) is 5.69 Å². The molecule has 0 radical (unpaired) electrons. The Labute approximate surface area is 122 Å². The van der Waals surface area contributed by atoms with Crippen LogP contribution in [0.1, 0.15) is 5.56 Å². The Morgan fingerprint density at radius 1 is 1.19 bits per heavy atom. The molecule has 1 N–H and O–H groups in total. The van der Waals surface area contributed by atoms with Crippen LogP contribution in [-0.4, -0.2) is 9.49 Å². The quantitative estimate of drug-likeness (QED) is 0.586. The van der Waals surface area contributed by atoms with Crippen molar-refractivity contribution in [2.24, 2.45) is 7.05 Å². The molecule has 1 aromatic heterocycles. The van der Waals surface area contributed by atoms with Gasteiger partial charge in [0.05, 0.1) is 4.92 Å². The van der Waals surface area contributed by atoms with E-state index in [2.05, 4.69) is 28.2 Å². The van der Waals surface area contributed by atoms with Crippen LogP contribution in [0.2, 0.25) is 0 Å². The van der Waals surface area contributed by atoms with E-state index in [-0.39, 0.29) is 10.6 Å². The highest BCUT2D eigenvalue weighted by Gasteiger charge is 2.08. The molecule has 0 spiro atoms. The van der Waals surface area contributed by atoms with Crippen molar-refractivity contribution in [3.8, 4) is 0 Å². The Morgan fingerprint density at radius 3 is 2.81 bits per heavy atom. The summed E-state index contributed by atoms with van der Waals surface area (Å²) in [6.07, 6.45) is 2.08. The number of hydrogen-bond donors (Lipinski definition) is 1. The van der Waals surface area contributed by atoms with E-state index in [1.807, 2.05) is 25.2 Å². The third kappa shape index (κ3) is 2.58. The minimum Gasteiger partial charge on any atom is -0.381 e. The fourth-order valence-corrected chi connectivity index (χ4v) is 2.49. The Balaban J connectivity index is 1.84. The molecule has 0 unspecified atom stereocenters. The molecular formula is C16H15N3O2. The molecule has 0 amide bonds. The van der Waals surface area contributed by atoms with Gasteiger partial charge in [-0.2, -0.15) is 0 Å². The highest BCUT2D eigenvalue weighted by Crippen LogP contribution is 2.22. The molecule has 1 heterocycles. The zero-order chi connectivity index (χ0) is 14.8. The average molecular weight is 281 g/mol. The highest BCUT2D eigenvalue weighted by atomic mass is 16.6. The number of non-ortho nitro benzene ring substituents is 1. The SMILES string of the molecule is Cn1cc(CNc2cccc([N+](=O)[O-])c2)c2ccccc21. The van der Waals surface area contributed by atoms with Crippen LogP contribution in [0.4, 0.5) is 11.4 Å². The zero-order valence-electron chi connectivity index (χ0n) is 11.6. The maximum absolute atomic E-state index is 10.8. The summed E-state index contributed by atoms with van der Waals surface area (Å²) in [5.41, 5.74) is 3.18. The number of aryl methyl sites for hydroxylation is 1. The van der Waals surface area contributed by atoms with Crippen LogP contribution in [0.15, 0.2) is 54.7 Å². The number of para-hydroxylation sites is 1. The minimum atomic E-state index is -0.386. The number of nitro benzene ring substituents is 1. The van der Waals surface area contributed by atoms with Crippen LogP contribution in [-0.2, 0) is 13.6 Å². The minimum absolute atomic E-state index is 0.0953. The molecule has 0 aliphatic rings. The van der Waals surface area contributed by atoms with Crippen molar-refractivity contribution >= 4 is 22.3 Å². The number of anilines is 1. The lowest BCUT2D eigenvalue weighted by Gasteiger charge is -2.05. The van der Waals surface area contributed by atoms with Crippen LogP contribution in [0.5, 0.6) is 0 Å². The normalized spacial score (nSPS) is 10.7. The number of benzene rings is 2. The molecule has 5 nitrogen and oxygen atoms in total. The fraction of sp³-hybridized carbons (Fsp3) is 0.125. The van der Waals surface area contributed by atoms with Gasteiger partial charge in [0.2, 0.25) is 0 Å². The molecule has 106 valence electrons. The summed E-state index contributed by atoms with van der Waals surface area (Å²) in [5.74, 6) is 0.